The van der Waals surface area contributed by atoms with Gasteiger partial charge in [0.05, 0.1) is 0 Å². The molecule has 0 fully saturated rings. The average molecular weight is 218 g/mol. The predicted octanol–water partition coefficient (Wildman–Crippen LogP) is 0.666. The summed E-state index contributed by atoms with van der Waals surface area (Å²) >= 11 is 5.40. The SMILES string of the molecule is Cc1nc(CCNC(=O)CCCl)no1. The molecule has 0 saturated heterocycles. The molecule has 1 aromatic rings. The van der Waals surface area contributed by atoms with Crippen LogP contribution in [0.1, 0.15) is 18.1 Å². The number of nitrogens with zero attached hydrogens (tertiary/aromatic N) is 2. The highest BCUT2D eigenvalue weighted by Crippen LogP contribution is 1.94. The molecule has 1 aromatic heterocycles. The molecule has 6 heteroatoms. The van der Waals surface area contributed by atoms with Crippen molar-refractivity contribution in [2.24, 2.45) is 0 Å². The zero-order valence-corrected chi connectivity index (χ0v) is 8.67. The summed E-state index contributed by atoms with van der Waals surface area (Å²) in [5, 5.41) is 6.39. The number of aryl methyl sites for hydroxylation is 1. The molecule has 0 saturated carbocycles. The smallest absolute Gasteiger partial charge is 0.223 e. The Kier molecular flexibility index (Phi) is 4.39. The third-order valence-electron chi connectivity index (χ3n) is 1.56. The van der Waals surface area contributed by atoms with E-state index >= 15 is 0 Å². The molecule has 0 aliphatic heterocycles. The minimum absolute atomic E-state index is 0.0554. The third kappa shape index (κ3) is 3.74. The Bertz CT molecular complexity index is 301. The topological polar surface area (TPSA) is 68.0 Å². The Labute approximate surface area is 86.8 Å². The van der Waals surface area contributed by atoms with Gasteiger partial charge in [0, 0.05) is 32.2 Å². The highest BCUT2D eigenvalue weighted by Gasteiger charge is 2.03. The van der Waals surface area contributed by atoms with E-state index < -0.39 is 0 Å². The molecule has 0 radical (unpaired) electrons. The zero-order valence-electron chi connectivity index (χ0n) is 7.92. The van der Waals surface area contributed by atoms with Crippen LogP contribution in [0.2, 0.25) is 0 Å². The van der Waals surface area contributed by atoms with Crippen molar-refractivity contribution in [1.82, 2.24) is 15.5 Å². The maximum atomic E-state index is 11.0. The van der Waals surface area contributed by atoms with Gasteiger partial charge in [-0.1, -0.05) is 5.16 Å². The summed E-state index contributed by atoms with van der Waals surface area (Å²) in [6.45, 7) is 2.23. The van der Waals surface area contributed by atoms with Gasteiger partial charge in [0.15, 0.2) is 5.82 Å². The Morgan fingerprint density at radius 3 is 3.00 bits per heavy atom. The number of hydrogen-bond acceptors (Lipinski definition) is 4. The van der Waals surface area contributed by atoms with Crippen LogP contribution in [-0.2, 0) is 11.2 Å². The van der Waals surface area contributed by atoms with Crippen LogP contribution in [0, 0.1) is 6.92 Å². The second-order valence-corrected chi connectivity index (χ2v) is 3.15. The van der Waals surface area contributed by atoms with Gasteiger partial charge in [-0.25, -0.2) is 0 Å². The molecule has 1 rings (SSSR count). The maximum absolute atomic E-state index is 11.0. The summed E-state index contributed by atoms with van der Waals surface area (Å²) in [6, 6.07) is 0. The molecule has 0 aliphatic carbocycles. The highest BCUT2D eigenvalue weighted by molar-refractivity contribution is 6.18. The second-order valence-electron chi connectivity index (χ2n) is 2.77. The molecule has 0 aliphatic rings. The van der Waals surface area contributed by atoms with Crippen LogP contribution in [0.25, 0.3) is 0 Å². The number of amides is 1. The van der Waals surface area contributed by atoms with Crippen molar-refractivity contribution in [3.05, 3.63) is 11.7 Å². The van der Waals surface area contributed by atoms with Crippen LogP contribution >= 0.6 is 11.6 Å². The molecule has 0 unspecified atom stereocenters. The molecule has 5 nitrogen and oxygen atoms in total. The Balaban J connectivity index is 2.18. The number of carbonyl (C=O) groups excluding carboxylic acids is 1. The van der Waals surface area contributed by atoms with Gasteiger partial charge in [0.2, 0.25) is 11.8 Å². The highest BCUT2D eigenvalue weighted by atomic mass is 35.5. The molecule has 1 N–H and O–H groups in total. The van der Waals surface area contributed by atoms with Crippen molar-refractivity contribution in [2.75, 3.05) is 12.4 Å². The largest absolute Gasteiger partial charge is 0.356 e. The fraction of sp³-hybridized carbons (Fsp3) is 0.625. The first-order valence-corrected chi connectivity index (χ1v) is 4.87. The number of alkyl halides is 1. The van der Waals surface area contributed by atoms with Crippen molar-refractivity contribution in [3.8, 4) is 0 Å². The molecule has 0 bridgehead atoms. The zero-order chi connectivity index (χ0) is 10.4. The molecule has 1 heterocycles. The van der Waals surface area contributed by atoms with E-state index in [1.807, 2.05) is 0 Å². The fourth-order valence-electron chi connectivity index (χ4n) is 0.931. The van der Waals surface area contributed by atoms with Crippen LogP contribution < -0.4 is 5.32 Å². The fourth-order valence-corrected chi connectivity index (χ4v) is 1.10. The van der Waals surface area contributed by atoms with Crippen LogP contribution in [-0.4, -0.2) is 28.5 Å². The molecular formula is C8H12ClN3O2. The van der Waals surface area contributed by atoms with Crippen LogP contribution in [0.3, 0.4) is 0 Å². The van der Waals surface area contributed by atoms with E-state index in [2.05, 4.69) is 15.5 Å². The van der Waals surface area contributed by atoms with E-state index in [0.29, 0.717) is 37.0 Å². The van der Waals surface area contributed by atoms with Crippen molar-refractivity contribution in [3.63, 3.8) is 0 Å². The number of aromatic nitrogens is 2. The minimum atomic E-state index is -0.0554. The number of carbonyl (C=O) groups is 1. The van der Waals surface area contributed by atoms with Gasteiger partial charge in [0.25, 0.3) is 0 Å². The summed E-state index contributed by atoms with van der Waals surface area (Å²) in [5.41, 5.74) is 0. The van der Waals surface area contributed by atoms with Gasteiger partial charge in [0.1, 0.15) is 0 Å². The minimum Gasteiger partial charge on any atom is -0.356 e. The molecular weight excluding hydrogens is 206 g/mol. The first-order chi connectivity index (χ1) is 6.72. The van der Waals surface area contributed by atoms with E-state index in [-0.39, 0.29) is 5.91 Å². The Morgan fingerprint density at radius 2 is 2.43 bits per heavy atom. The number of halogens is 1. The third-order valence-corrected chi connectivity index (χ3v) is 1.75. The lowest BCUT2D eigenvalue weighted by Gasteiger charge is -2.00. The van der Waals surface area contributed by atoms with Crippen molar-refractivity contribution >= 4 is 17.5 Å². The molecule has 0 aromatic carbocycles. The summed E-state index contributed by atoms with van der Waals surface area (Å²) in [7, 11) is 0. The van der Waals surface area contributed by atoms with E-state index in [4.69, 9.17) is 16.1 Å². The summed E-state index contributed by atoms with van der Waals surface area (Å²) in [4.78, 5) is 15.0. The summed E-state index contributed by atoms with van der Waals surface area (Å²) in [5.74, 6) is 1.42. The van der Waals surface area contributed by atoms with E-state index in [9.17, 15) is 4.79 Å². The number of rotatable bonds is 5. The van der Waals surface area contributed by atoms with Gasteiger partial charge in [-0.3, -0.25) is 4.79 Å². The Hall–Kier alpha value is -1.10. The second kappa shape index (κ2) is 5.59. The molecule has 0 atom stereocenters. The Morgan fingerprint density at radius 1 is 1.64 bits per heavy atom. The van der Waals surface area contributed by atoms with E-state index in [1.54, 1.807) is 6.92 Å². The first kappa shape index (κ1) is 11.0. The van der Waals surface area contributed by atoms with Gasteiger partial charge < -0.3 is 9.84 Å². The number of nitrogens with one attached hydrogen (secondary N) is 1. The molecule has 14 heavy (non-hydrogen) atoms. The monoisotopic (exact) mass is 217 g/mol. The van der Waals surface area contributed by atoms with Crippen molar-refractivity contribution in [2.45, 2.75) is 19.8 Å². The lowest BCUT2D eigenvalue weighted by Crippen LogP contribution is -2.25. The van der Waals surface area contributed by atoms with E-state index in [1.165, 1.54) is 0 Å². The summed E-state index contributed by atoms with van der Waals surface area (Å²) < 4.78 is 4.77. The van der Waals surface area contributed by atoms with Crippen LogP contribution in [0.15, 0.2) is 4.52 Å². The summed E-state index contributed by atoms with van der Waals surface area (Å²) in [6.07, 6.45) is 0.915. The molecule has 1 amide bonds. The van der Waals surface area contributed by atoms with Crippen molar-refractivity contribution < 1.29 is 9.32 Å². The van der Waals surface area contributed by atoms with Gasteiger partial charge >= 0.3 is 0 Å². The average Bonchev–Trinajstić information content (AvgIpc) is 2.52. The van der Waals surface area contributed by atoms with Crippen LogP contribution in [0.4, 0.5) is 0 Å². The number of hydrogen-bond donors (Lipinski definition) is 1. The quantitative estimate of drug-likeness (QED) is 0.736. The van der Waals surface area contributed by atoms with Crippen LogP contribution in [0.5, 0.6) is 0 Å². The molecule has 78 valence electrons. The lowest BCUT2D eigenvalue weighted by atomic mass is 10.4. The molecule has 0 spiro atoms. The predicted molar refractivity (Wildman–Crippen MR) is 51.1 cm³/mol. The lowest BCUT2D eigenvalue weighted by molar-refractivity contribution is -0.120. The van der Waals surface area contributed by atoms with Gasteiger partial charge in [-0.2, -0.15) is 4.98 Å². The normalized spacial score (nSPS) is 10.1. The van der Waals surface area contributed by atoms with E-state index in [0.717, 1.165) is 0 Å². The van der Waals surface area contributed by atoms with Crippen molar-refractivity contribution in [1.29, 1.82) is 0 Å². The van der Waals surface area contributed by atoms with Gasteiger partial charge in [-0.15, -0.1) is 11.6 Å². The first-order valence-electron chi connectivity index (χ1n) is 4.34. The van der Waals surface area contributed by atoms with Gasteiger partial charge in [-0.05, 0) is 0 Å². The standard InChI is InChI=1S/C8H12ClN3O2/c1-6-11-7(12-14-6)3-5-10-8(13)2-4-9/h2-5H2,1H3,(H,10,13). The maximum Gasteiger partial charge on any atom is 0.223 e.